The molecule has 0 aromatic heterocycles. The van der Waals surface area contributed by atoms with Crippen LogP contribution in [0.3, 0.4) is 0 Å². The maximum absolute atomic E-state index is 13.1. The van der Waals surface area contributed by atoms with Gasteiger partial charge in [0, 0.05) is 12.6 Å². The summed E-state index contributed by atoms with van der Waals surface area (Å²) in [5, 5.41) is 3.23. The van der Waals surface area contributed by atoms with E-state index < -0.39 is 11.9 Å². The maximum atomic E-state index is 13.1. The van der Waals surface area contributed by atoms with Gasteiger partial charge in [0.05, 0.1) is 23.1 Å². The zero-order valence-electron chi connectivity index (χ0n) is 18.2. The molecule has 2 rings (SSSR count). The van der Waals surface area contributed by atoms with Crippen LogP contribution in [0.15, 0.2) is 6.07 Å². The largest absolute Gasteiger partial charge is 0.494 e. The summed E-state index contributed by atoms with van der Waals surface area (Å²) in [5.41, 5.74) is 0.0516. The van der Waals surface area contributed by atoms with Crippen LogP contribution in [0.5, 0.6) is 11.5 Å². The third-order valence-electron chi connectivity index (χ3n) is 5.64. The number of halogens is 2. The minimum absolute atomic E-state index is 0.00580. The van der Waals surface area contributed by atoms with Crippen LogP contribution in [0, 0.1) is 5.92 Å². The van der Waals surface area contributed by atoms with Gasteiger partial charge in [-0.2, -0.15) is 0 Å². The van der Waals surface area contributed by atoms with Gasteiger partial charge in [0.25, 0.3) is 5.91 Å². The molecular weight excluding hydrogens is 427 g/mol. The average molecular weight is 459 g/mol. The molecular formula is C22H32Cl2N2O4. The van der Waals surface area contributed by atoms with Crippen molar-refractivity contribution < 1.29 is 19.1 Å². The van der Waals surface area contributed by atoms with Gasteiger partial charge in [0.2, 0.25) is 0 Å². The van der Waals surface area contributed by atoms with Gasteiger partial charge in [-0.1, -0.05) is 50.4 Å². The third kappa shape index (κ3) is 5.80. The maximum Gasteiger partial charge on any atom is 0.314 e. The minimum Gasteiger partial charge on any atom is -0.494 e. The van der Waals surface area contributed by atoms with Gasteiger partial charge >= 0.3 is 5.97 Å². The van der Waals surface area contributed by atoms with Crippen LogP contribution < -0.4 is 14.8 Å². The lowest BCUT2D eigenvalue weighted by molar-refractivity contribution is -0.139. The molecule has 30 heavy (non-hydrogen) atoms. The predicted octanol–water partition coefficient (Wildman–Crippen LogP) is 4.95. The Bertz CT molecular complexity index is 757. The van der Waals surface area contributed by atoms with E-state index in [2.05, 4.69) is 17.1 Å². The topological polar surface area (TPSA) is 67.9 Å². The molecule has 168 valence electrons. The van der Waals surface area contributed by atoms with Crippen molar-refractivity contribution in [3.8, 4) is 11.5 Å². The monoisotopic (exact) mass is 458 g/mol. The smallest absolute Gasteiger partial charge is 0.314 e. The molecule has 1 amide bonds. The molecule has 1 heterocycles. The molecule has 1 aliphatic rings. The molecule has 6 nitrogen and oxygen atoms in total. The number of rotatable bonds is 10. The van der Waals surface area contributed by atoms with Crippen LogP contribution in [-0.4, -0.2) is 49.6 Å². The van der Waals surface area contributed by atoms with Crippen molar-refractivity contribution in [3.05, 3.63) is 21.7 Å². The first-order valence-corrected chi connectivity index (χ1v) is 11.4. The summed E-state index contributed by atoms with van der Waals surface area (Å²) in [7, 11) is 1.42. The number of methoxy groups -OCH3 is 1. The zero-order chi connectivity index (χ0) is 22.3. The lowest BCUT2D eigenvalue weighted by Crippen LogP contribution is -2.40. The van der Waals surface area contributed by atoms with Crippen LogP contribution in [0.1, 0.15) is 63.2 Å². The normalized spacial score (nSPS) is 17.6. The number of ether oxygens (including phenoxy) is 2. The number of benzene rings is 1. The Hall–Kier alpha value is -1.50. The lowest BCUT2D eigenvalue weighted by Gasteiger charge is -2.24. The van der Waals surface area contributed by atoms with Crippen LogP contribution in [0.25, 0.3) is 0 Å². The Morgan fingerprint density at radius 3 is 2.53 bits per heavy atom. The van der Waals surface area contributed by atoms with E-state index in [4.69, 9.17) is 32.7 Å². The summed E-state index contributed by atoms with van der Waals surface area (Å²) in [5.74, 6) is -0.962. The van der Waals surface area contributed by atoms with Crippen molar-refractivity contribution in [2.24, 2.45) is 5.92 Å². The highest BCUT2D eigenvalue weighted by molar-refractivity contribution is 6.37. The summed E-state index contributed by atoms with van der Waals surface area (Å²) in [6.07, 6.45) is 4.34. The highest BCUT2D eigenvalue weighted by Crippen LogP contribution is 2.41. The summed E-state index contributed by atoms with van der Waals surface area (Å²) in [6.45, 7) is 8.50. The molecule has 1 fully saturated rings. The molecule has 2 unspecified atom stereocenters. The number of hydrogen-bond donors (Lipinski definition) is 1. The standard InChI is InChI=1S/C22H32Cl2N2O4/c1-5-9-14(6-2)22(28)30-20-17(24)12-16(23)19(29-4)18(20)21(27)25-13-15-10-8-11-26(15)7-3/h12,14-15H,5-11,13H2,1-4H3,(H,25,27). The first-order chi connectivity index (χ1) is 14.4. The van der Waals surface area contributed by atoms with Crippen molar-refractivity contribution in [1.82, 2.24) is 10.2 Å². The van der Waals surface area contributed by atoms with Crippen molar-refractivity contribution >= 4 is 35.1 Å². The molecule has 1 N–H and O–H groups in total. The van der Waals surface area contributed by atoms with E-state index in [-0.39, 0.29) is 39.1 Å². The SMILES string of the molecule is CCCC(CC)C(=O)Oc1c(Cl)cc(Cl)c(OC)c1C(=O)NCC1CCCN1CC. The van der Waals surface area contributed by atoms with Crippen LogP contribution >= 0.6 is 23.2 Å². The quantitative estimate of drug-likeness (QED) is 0.396. The van der Waals surface area contributed by atoms with Crippen molar-refractivity contribution in [1.29, 1.82) is 0 Å². The fourth-order valence-electron chi connectivity index (χ4n) is 3.95. The number of likely N-dealkylation sites (tertiary alicyclic amines) is 1. The molecule has 1 saturated heterocycles. The van der Waals surface area contributed by atoms with E-state index in [9.17, 15) is 9.59 Å². The van der Waals surface area contributed by atoms with Gasteiger partial charge in [-0.25, -0.2) is 0 Å². The molecule has 1 aliphatic heterocycles. The second kappa shape index (κ2) is 11.8. The average Bonchev–Trinajstić information content (AvgIpc) is 3.19. The van der Waals surface area contributed by atoms with Gasteiger partial charge in [-0.3, -0.25) is 14.5 Å². The highest BCUT2D eigenvalue weighted by atomic mass is 35.5. The van der Waals surface area contributed by atoms with E-state index in [0.717, 1.165) is 32.4 Å². The predicted molar refractivity (Wildman–Crippen MR) is 120 cm³/mol. The second-order valence-electron chi connectivity index (χ2n) is 7.53. The van der Waals surface area contributed by atoms with Crippen molar-refractivity contribution in [2.45, 2.75) is 58.9 Å². The number of hydrogen-bond acceptors (Lipinski definition) is 5. The summed E-state index contributed by atoms with van der Waals surface area (Å²) < 4.78 is 11.0. The Kier molecular flexibility index (Phi) is 9.72. The van der Waals surface area contributed by atoms with Gasteiger partial charge in [0.15, 0.2) is 11.5 Å². The van der Waals surface area contributed by atoms with Gasteiger partial charge < -0.3 is 14.8 Å². The summed E-state index contributed by atoms with van der Waals surface area (Å²) in [4.78, 5) is 28.2. The number of amides is 1. The number of nitrogens with one attached hydrogen (secondary N) is 1. The van der Waals surface area contributed by atoms with Gasteiger partial charge in [-0.15, -0.1) is 0 Å². The molecule has 0 bridgehead atoms. The van der Waals surface area contributed by atoms with E-state index in [1.807, 2.05) is 13.8 Å². The number of nitrogens with zero attached hydrogens (tertiary/aromatic N) is 1. The minimum atomic E-state index is -0.425. The number of carbonyl (C=O) groups excluding carboxylic acids is 2. The number of carbonyl (C=O) groups is 2. The molecule has 0 spiro atoms. The summed E-state index contributed by atoms with van der Waals surface area (Å²) in [6, 6.07) is 1.71. The van der Waals surface area contributed by atoms with Crippen LogP contribution in [0.2, 0.25) is 10.0 Å². The number of likely N-dealkylation sites (N-methyl/N-ethyl adjacent to an activating group) is 1. The zero-order valence-corrected chi connectivity index (χ0v) is 19.7. The van der Waals surface area contributed by atoms with Gasteiger partial charge in [0.1, 0.15) is 5.56 Å². The molecule has 0 radical (unpaired) electrons. The first kappa shape index (κ1) is 24.8. The Morgan fingerprint density at radius 1 is 1.23 bits per heavy atom. The highest BCUT2D eigenvalue weighted by Gasteiger charge is 2.30. The Morgan fingerprint density at radius 2 is 1.93 bits per heavy atom. The van der Waals surface area contributed by atoms with E-state index in [1.54, 1.807) is 0 Å². The van der Waals surface area contributed by atoms with Crippen molar-refractivity contribution in [2.75, 3.05) is 26.7 Å². The fraction of sp³-hybridized carbons (Fsp3) is 0.636. The molecule has 0 aliphatic carbocycles. The Labute approximate surface area is 189 Å². The molecule has 1 aromatic rings. The molecule has 8 heteroatoms. The number of esters is 1. The van der Waals surface area contributed by atoms with Crippen LogP contribution in [-0.2, 0) is 4.79 Å². The second-order valence-corrected chi connectivity index (χ2v) is 8.34. The fourth-order valence-corrected chi connectivity index (χ4v) is 4.53. The first-order valence-electron chi connectivity index (χ1n) is 10.7. The van der Waals surface area contributed by atoms with E-state index in [0.29, 0.717) is 19.4 Å². The Balaban J connectivity index is 2.31. The summed E-state index contributed by atoms with van der Waals surface area (Å²) >= 11 is 12.6. The van der Waals surface area contributed by atoms with Gasteiger partial charge in [-0.05, 0) is 44.8 Å². The molecule has 0 saturated carbocycles. The lowest BCUT2D eigenvalue weighted by atomic mass is 10.0. The van der Waals surface area contributed by atoms with Crippen LogP contribution in [0.4, 0.5) is 0 Å². The molecule has 2 atom stereocenters. The van der Waals surface area contributed by atoms with Crippen molar-refractivity contribution in [3.63, 3.8) is 0 Å². The molecule has 1 aromatic carbocycles. The van der Waals surface area contributed by atoms with E-state index >= 15 is 0 Å². The third-order valence-corrected chi connectivity index (χ3v) is 6.20. The van der Waals surface area contributed by atoms with E-state index in [1.165, 1.54) is 13.2 Å².